The summed E-state index contributed by atoms with van der Waals surface area (Å²) in [6.45, 7) is 0. The van der Waals surface area contributed by atoms with Gasteiger partial charge >= 0.3 is 24.8 Å². The van der Waals surface area contributed by atoms with Gasteiger partial charge in [-0.05, 0) is 0 Å². The van der Waals surface area contributed by atoms with Gasteiger partial charge in [0.05, 0.1) is 0 Å². The second-order valence-corrected chi connectivity index (χ2v) is 4.32. The average molecular weight is 294 g/mol. The summed E-state index contributed by atoms with van der Waals surface area (Å²) in [6, 6.07) is 19.3. The van der Waals surface area contributed by atoms with Gasteiger partial charge in [-0.2, -0.15) is 6.08 Å². The Morgan fingerprint density at radius 1 is 0.950 bits per heavy atom. The third-order valence-corrected chi connectivity index (χ3v) is 3.11. The molecule has 0 aliphatic heterocycles. The van der Waals surface area contributed by atoms with Gasteiger partial charge in [-0.25, -0.2) is 12.2 Å². The van der Waals surface area contributed by atoms with E-state index in [1.165, 1.54) is 21.5 Å². The predicted molar refractivity (Wildman–Crippen MR) is 88.0 cm³/mol. The van der Waals surface area contributed by atoms with Crippen LogP contribution < -0.4 is 0 Å². The number of hydrogen-bond donors (Lipinski definition) is 0. The summed E-state index contributed by atoms with van der Waals surface area (Å²) in [5.74, 6) is 0. The maximum absolute atomic E-state index is 3.25. The van der Waals surface area contributed by atoms with Gasteiger partial charge in [-0.3, -0.25) is 6.08 Å². The first kappa shape index (κ1) is 14.8. The Bertz CT molecular complexity index is 681. The van der Waals surface area contributed by atoms with Crippen molar-refractivity contribution in [1.29, 1.82) is 0 Å². The standard InChI is InChI=1S/C13H9.C5H5.CH2.Ti.2H/c1-3-7-12-10(5-1)9-11-6-2-4-8-13(11)12;1-2-4-5-3-1;;;;/h1-9H;1-3H,4H2;1H2;;;/q2*-1;;+2;2*-1. The van der Waals surface area contributed by atoms with E-state index >= 15 is 0 Å². The summed E-state index contributed by atoms with van der Waals surface area (Å²) in [4.78, 5) is 3.25. The Morgan fingerprint density at radius 3 is 1.90 bits per heavy atom. The number of benzene rings is 2. The minimum Gasteiger partial charge on any atom is -1.00 e. The van der Waals surface area contributed by atoms with Crippen molar-refractivity contribution < 1.29 is 22.8 Å². The van der Waals surface area contributed by atoms with E-state index in [2.05, 4.69) is 71.6 Å². The number of rotatable bonds is 0. The fourth-order valence-electron chi connectivity index (χ4n) is 2.24. The van der Waals surface area contributed by atoms with Gasteiger partial charge in [0.2, 0.25) is 0 Å². The molecule has 1 heteroatoms. The Kier molecular flexibility index (Phi) is 5.79. The molecule has 0 heterocycles. The van der Waals surface area contributed by atoms with E-state index in [9.17, 15) is 0 Å². The van der Waals surface area contributed by atoms with Crippen molar-refractivity contribution in [3.63, 3.8) is 0 Å². The van der Waals surface area contributed by atoms with Crippen molar-refractivity contribution in [2.24, 2.45) is 0 Å². The molecule has 0 bridgehead atoms. The Hall–Kier alpha value is -1.63. The van der Waals surface area contributed by atoms with E-state index in [-0.39, 0.29) is 2.85 Å². The fraction of sp³-hybridized carbons (Fsp3) is 0.0526. The van der Waals surface area contributed by atoms with Crippen LogP contribution in [0.25, 0.3) is 21.5 Å². The van der Waals surface area contributed by atoms with Crippen molar-refractivity contribution >= 4 is 26.4 Å². The molecule has 3 aromatic carbocycles. The summed E-state index contributed by atoms with van der Waals surface area (Å²) in [7, 11) is 0. The minimum atomic E-state index is 0. The molecule has 0 unspecified atom stereocenters. The molecule has 0 saturated carbocycles. The van der Waals surface area contributed by atoms with E-state index in [0.717, 1.165) is 6.42 Å². The van der Waals surface area contributed by atoms with Crippen molar-refractivity contribution in [3.8, 4) is 0 Å². The van der Waals surface area contributed by atoms with Crippen LogP contribution in [0, 0.1) is 6.08 Å². The van der Waals surface area contributed by atoms with Gasteiger partial charge < -0.3 is 2.85 Å². The van der Waals surface area contributed by atoms with E-state index in [4.69, 9.17) is 0 Å². The van der Waals surface area contributed by atoms with Crippen LogP contribution in [0.1, 0.15) is 9.27 Å². The quantitative estimate of drug-likeness (QED) is 0.394. The molecule has 0 fully saturated rings. The second kappa shape index (κ2) is 7.84. The molecule has 0 N–H and O–H groups in total. The molecular formula is C19H18Ti-2. The zero-order chi connectivity index (χ0) is 14.2. The van der Waals surface area contributed by atoms with E-state index in [1.54, 1.807) is 20.0 Å². The molecule has 1 aliphatic rings. The molecule has 20 heavy (non-hydrogen) atoms. The summed E-state index contributed by atoms with van der Waals surface area (Å²) < 4.78 is 0. The second-order valence-electron chi connectivity index (χ2n) is 4.32. The largest absolute Gasteiger partial charge is 1.00 e. The molecule has 0 saturated heterocycles. The molecule has 0 radical (unpaired) electrons. The molecule has 0 atom stereocenters. The molecule has 0 amide bonds. The van der Waals surface area contributed by atoms with Crippen molar-refractivity contribution in [1.82, 2.24) is 0 Å². The van der Waals surface area contributed by atoms with Crippen LogP contribution in [0.3, 0.4) is 0 Å². The van der Waals surface area contributed by atoms with Crippen LogP contribution in [-0.4, -0.2) is 4.82 Å². The molecule has 0 spiro atoms. The third-order valence-electron chi connectivity index (χ3n) is 3.11. The van der Waals surface area contributed by atoms with E-state index in [1.807, 2.05) is 12.2 Å². The molecule has 0 nitrogen and oxygen atoms in total. The maximum Gasteiger partial charge on any atom is -0.0771 e. The summed E-state index contributed by atoms with van der Waals surface area (Å²) in [5.41, 5.74) is 0. The van der Waals surface area contributed by atoms with Gasteiger partial charge in [-0.15, -0.1) is 46.2 Å². The van der Waals surface area contributed by atoms with Gasteiger partial charge in [-0.1, -0.05) is 36.4 Å². The smallest absolute Gasteiger partial charge is 0.0771 e. The Labute approximate surface area is 134 Å². The first-order valence-electron chi connectivity index (χ1n) is 6.55. The summed E-state index contributed by atoms with van der Waals surface area (Å²) in [5, 5.41) is 5.39. The normalized spacial score (nSPS) is 11.9. The number of fused-ring (bicyclic) bond motifs is 3. The van der Waals surface area contributed by atoms with Crippen LogP contribution in [0.15, 0.2) is 72.8 Å². The van der Waals surface area contributed by atoms with Gasteiger partial charge in [0, 0.05) is 0 Å². The summed E-state index contributed by atoms with van der Waals surface area (Å²) in [6.07, 6.45) is 10.0. The first-order valence-corrected chi connectivity index (χ1v) is 7.66. The molecule has 0 aromatic heterocycles. The van der Waals surface area contributed by atoms with Crippen LogP contribution in [0.2, 0.25) is 0 Å². The molecule has 3 aromatic rings. The van der Waals surface area contributed by atoms with Crippen molar-refractivity contribution in [2.75, 3.05) is 0 Å². The van der Waals surface area contributed by atoms with Crippen LogP contribution in [0.5, 0.6) is 0 Å². The topological polar surface area (TPSA) is 0 Å². The fourth-order valence-corrected chi connectivity index (χ4v) is 2.24. The van der Waals surface area contributed by atoms with Gasteiger partial charge in [0.15, 0.2) is 0 Å². The predicted octanol–water partition coefficient (Wildman–Crippen LogP) is 5.21. The van der Waals surface area contributed by atoms with Crippen molar-refractivity contribution in [3.05, 3.63) is 78.9 Å². The minimum absolute atomic E-state index is 0. The van der Waals surface area contributed by atoms with Gasteiger partial charge in [0.1, 0.15) is 0 Å². The van der Waals surface area contributed by atoms with Gasteiger partial charge in [0.25, 0.3) is 0 Å². The monoisotopic (exact) mass is 294 g/mol. The Balaban J connectivity index is 0.000000422. The maximum atomic E-state index is 3.25. The average Bonchev–Trinajstić information content (AvgIpc) is 3.20. The van der Waals surface area contributed by atoms with E-state index < -0.39 is 0 Å². The third kappa shape index (κ3) is 3.47. The van der Waals surface area contributed by atoms with Crippen molar-refractivity contribution in [2.45, 2.75) is 6.42 Å². The molecular weight excluding hydrogens is 276 g/mol. The van der Waals surface area contributed by atoms with Crippen LogP contribution >= 0.6 is 0 Å². The molecule has 1 aliphatic carbocycles. The molecule has 4 rings (SSSR count). The SMILES string of the molecule is [C-]1=CC=CC1.[CH2]=[Ti+2].[H-].[H-].c1ccc2c(c1)[cH-]c1ccccc12. The molecule has 100 valence electrons. The zero-order valence-electron chi connectivity index (χ0n) is 13.3. The van der Waals surface area contributed by atoms with Crippen LogP contribution in [0.4, 0.5) is 0 Å². The van der Waals surface area contributed by atoms with Crippen LogP contribution in [-0.2, 0) is 20.0 Å². The number of hydrogen-bond acceptors (Lipinski definition) is 0. The first-order chi connectivity index (χ1) is 9.95. The summed E-state index contributed by atoms with van der Waals surface area (Å²) >= 11 is 1.75. The zero-order valence-corrected chi connectivity index (χ0v) is 12.9. The Morgan fingerprint density at radius 2 is 1.50 bits per heavy atom. The number of allylic oxidation sites excluding steroid dienone is 4. The van der Waals surface area contributed by atoms with E-state index in [0.29, 0.717) is 0 Å².